The van der Waals surface area contributed by atoms with Crippen LogP contribution in [0.5, 0.6) is 0 Å². The molecular weight excluding hydrogens is 505 g/mol. The number of carbonyl (C=O) groups is 1. The van der Waals surface area contributed by atoms with Gasteiger partial charge in [0.2, 0.25) is 0 Å². The fourth-order valence-electron chi connectivity index (χ4n) is 7.35. The number of piperidine rings is 1. The Bertz CT molecular complexity index is 1090. The first-order valence-electron chi connectivity index (χ1n) is 14.6. The van der Waals surface area contributed by atoms with Crippen molar-refractivity contribution in [1.29, 1.82) is 0 Å². The Labute approximate surface area is 229 Å². The fourth-order valence-corrected chi connectivity index (χ4v) is 7.35. The van der Waals surface area contributed by atoms with Crippen LogP contribution in [0.2, 0.25) is 0 Å². The molecule has 9 heteroatoms. The van der Waals surface area contributed by atoms with Crippen LogP contribution in [0.3, 0.4) is 0 Å². The van der Waals surface area contributed by atoms with E-state index in [0.717, 1.165) is 75.9 Å². The van der Waals surface area contributed by atoms with Gasteiger partial charge in [-0.2, -0.15) is 18.3 Å². The summed E-state index contributed by atoms with van der Waals surface area (Å²) in [5.74, 6) is 0.129. The van der Waals surface area contributed by atoms with Crippen LogP contribution < -0.4 is 0 Å². The predicted molar refractivity (Wildman–Crippen MR) is 144 cm³/mol. The lowest BCUT2D eigenvalue weighted by atomic mass is 9.83. The van der Waals surface area contributed by atoms with Gasteiger partial charge >= 0.3 is 12.1 Å². The zero-order valence-electron chi connectivity index (χ0n) is 22.8. The Balaban J connectivity index is 1.27. The van der Waals surface area contributed by atoms with E-state index in [1.54, 1.807) is 6.92 Å². The first-order chi connectivity index (χ1) is 18.7. The zero-order valence-corrected chi connectivity index (χ0v) is 22.8. The number of rotatable bonds is 8. The molecule has 214 valence electrons. The number of aliphatic carboxylic acids is 1. The molecule has 1 aromatic heterocycles. The van der Waals surface area contributed by atoms with E-state index in [-0.39, 0.29) is 24.3 Å². The van der Waals surface area contributed by atoms with Crippen molar-refractivity contribution in [2.75, 3.05) is 32.7 Å². The smallest absolute Gasteiger partial charge is 0.433 e. The average Bonchev–Trinajstić information content (AvgIpc) is 3.55. The number of aryl methyl sites for hydroxylation is 1. The number of nitrogens with zero attached hydrogens (tertiary/aromatic N) is 4. The third-order valence-corrected chi connectivity index (χ3v) is 9.33. The van der Waals surface area contributed by atoms with Crippen LogP contribution in [0.15, 0.2) is 36.4 Å². The van der Waals surface area contributed by atoms with Gasteiger partial charge in [-0.05, 0) is 69.2 Å². The van der Waals surface area contributed by atoms with E-state index < -0.39 is 23.9 Å². The Morgan fingerprint density at radius 1 is 1.05 bits per heavy atom. The summed E-state index contributed by atoms with van der Waals surface area (Å²) in [5, 5.41) is 14.6. The molecule has 3 unspecified atom stereocenters. The maximum Gasteiger partial charge on any atom is 0.433 e. The van der Waals surface area contributed by atoms with Gasteiger partial charge in [-0.25, -0.2) is 0 Å². The Morgan fingerprint density at radius 3 is 2.33 bits per heavy atom. The molecule has 3 fully saturated rings. The molecule has 1 N–H and O–H groups in total. The summed E-state index contributed by atoms with van der Waals surface area (Å²) in [6.07, 6.45) is 2.58. The van der Waals surface area contributed by atoms with Crippen molar-refractivity contribution in [3.63, 3.8) is 0 Å². The number of likely N-dealkylation sites (tertiary alicyclic amines) is 2. The van der Waals surface area contributed by atoms with E-state index in [4.69, 9.17) is 0 Å². The molecule has 0 radical (unpaired) electrons. The molecule has 1 aliphatic carbocycles. The van der Waals surface area contributed by atoms with Gasteiger partial charge in [-0.3, -0.25) is 14.4 Å². The summed E-state index contributed by atoms with van der Waals surface area (Å²) in [5.41, 5.74) is 1.15. The third kappa shape index (κ3) is 6.35. The van der Waals surface area contributed by atoms with Crippen LogP contribution in [0.1, 0.15) is 80.7 Å². The largest absolute Gasteiger partial charge is 0.480 e. The lowest BCUT2D eigenvalue weighted by Crippen LogP contribution is -2.46. The minimum absolute atomic E-state index is 0.0304. The SMILES string of the molecule is CCn1nc(C2CCN(CC3CN(C(C(=O)O)C4CCCCC4)CC3c3ccccc3)CC2)cc1C(F)(F)F. The molecule has 39 heavy (non-hydrogen) atoms. The molecule has 1 aromatic carbocycles. The molecular formula is C30H41F3N4O2. The van der Waals surface area contributed by atoms with E-state index in [0.29, 0.717) is 11.6 Å². The van der Waals surface area contributed by atoms with Gasteiger partial charge in [0, 0.05) is 38.0 Å². The lowest BCUT2D eigenvalue weighted by Gasteiger charge is -2.35. The molecule has 6 nitrogen and oxygen atoms in total. The molecule has 1 saturated carbocycles. The normalized spacial score (nSPS) is 25.2. The third-order valence-electron chi connectivity index (χ3n) is 9.33. The highest BCUT2D eigenvalue weighted by Crippen LogP contribution is 2.39. The first kappa shape index (κ1) is 28.1. The number of alkyl halides is 3. The molecule has 0 amide bonds. The van der Waals surface area contributed by atoms with E-state index in [9.17, 15) is 23.1 Å². The van der Waals surface area contributed by atoms with Gasteiger partial charge in [-0.1, -0.05) is 49.6 Å². The number of aromatic nitrogens is 2. The minimum atomic E-state index is -4.39. The minimum Gasteiger partial charge on any atom is -0.480 e. The molecule has 2 aromatic rings. The Morgan fingerprint density at radius 2 is 1.74 bits per heavy atom. The van der Waals surface area contributed by atoms with Crippen LogP contribution in [0.25, 0.3) is 0 Å². The van der Waals surface area contributed by atoms with Crippen molar-refractivity contribution in [2.24, 2.45) is 11.8 Å². The second-order valence-corrected chi connectivity index (χ2v) is 11.8. The standard InChI is InChI=1S/C30H41F3N4O2/c1-2-37-27(30(31,32)33)17-26(34-37)22-13-15-35(16-14-22)18-24-19-36(20-25(24)21-9-5-3-6-10-21)28(29(38)39)23-11-7-4-8-12-23/h3,5-6,9-10,17,22-25,28H,2,4,7-8,11-16,18-20H2,1H3,(H,38,39). The number of carboxylic acids is 1. The second-order valence-electron chi connectivity index (χ2n) is 11.8. The van der Waals surface area contributed by atoms with E-state index in [2.05, 4.69) is 39.2 Å². The summed E-state index contributed by atoms with van der Waals surface area (Å²) < 4.78 is 41.4. The second kappa shape index (κ2) is 12.0. The van der Waals surface area contributed by atoms with Gasteiger partial charge in [0.1, 0.15) is 11.7 Å². The van der Waals surface area contributed by atoms with Crippen LogP contribution in [-0.2, 0) is 17.5 Å². The molecule has 0 spiro atoms. The van der Waals surface area contributed by atoms with E-state index in [1.807, 2.05) is 6.07 Å². The molecule has 0 bridgehead atoms. The highest BCUT2D eigenvalue weighted by Gasteiger charge is 2.43. The summed E-state index contributed by atoms with van der Waals surface area (Å²) >= 11 is 0. The highest BCUT2D eigenvalue weighted by atomic mass is 19.4. The molecule has 2 aliphatic heterocycles. The van der Waals surface area contributed by atoms with E-state index in [1.165, 1.54) is 18.1 Å². The van der Waals surface area contributed by atoms with Crippen molar-refractivity contribution in [3.8, 4) is 0 Å². The topological polar surface area (TPSA) is 61.6 Å². The number of hydrogen-bond acceptors (Lipinski definition) is 4. The molecule has 5 rings (SSSR count). The number of benzene rings is 1. The van der Waals surface area contributed by atoms with E-state index >= 15 is 0 Å². The van der Waals surface area contributed by atoms with Crippen molar-refractivity contribution < 1.29 is 23.1 Å². The van der Waals surface area contributed by atoms with Gasteiger partial charge in [0.05, 0.1) is 5.69 Å². The van der Waals surface area contributed by atoms with Gasteiger partial charge < -0.3 is 10.0 Å². The van der Waals surface area contributed by atoms with Crippen molar-refractivity contribution in [1.82, 2.24) is 19.6 Å². The Kier molecular flexibility index (Phi) is 8.66. The maximum atomic E-state index is 13.4. The summed E-state index contributed by atoms with van der Waals surface area (Å²) in [6, 6.07) is 11.3. The fraction of sp³-hybridized carbons (Fsp3) is 0.667. The van der Waals surface area contributed by atoms with Crippen LogP contribution in [0.4, 0.5) is 13.2 Å². The van der Waals surface area contributed by atoms with Crippen molar-refractivity contribution in [3.05, 3.63) is 53.3 Å². The molecule has 2 saturated heterocycles. The summed E-state index contributed by atoms with van der Waals surface area (Å²) in [4.78, 5) is 17.1. The van der Waals surface area contributed by atoms with Crippen LogP contribution in [0, 0.1) is 11.8 Å². The average molecular weight is 547 g/mol. The quantitative estimate of drug-likeness (QED) is 0.450. The summed E-state index contributed by atoms with van der Waals surface area (Å²) in [7, 11) is 0. The monoisotopic (exact) mass is 546 g/mol. The zero-order chi connectivity index (χ0) is 27.6. The molecule has 3 aliphatic rings. The summed E-state index contributed by atoms with van der Waals surface area (Å²) in [6.45, 7) is 5.91. The maximum absolute atomic E-state index is 13.4. The first-order valence-corrected chi connectivity index (χ1v) is 14.6. The lowest BCUT2D eigenvalue weighted by molar-refractivity contribution is -0.146. The van der Waals surface area contributed by atoms with Crippen LogP contribution in [-0.4, -0.2) is 69.4 Å². The van der Waals surface area contributed by atoms with Gasteiger partial charge in [0.15, 0.2) is 0 Å². The van der Waals surface area contributed by atoms with Crippen molar-refractivity contribution >= 4 is 5.97 Å². The Hall–Kier alpha value is -2.39. The molecule has 3 atom stereocenters. The predicted octanol–water partition coefficient (Wildman–Crippen LogP) is 5.85. The number of hydrogen-bond donors (Lipinski definition) is 1. The van der Waals surface area contributed by atoms with Crippen molar-refractivity contribution in [2.45, 2.75) is 82.5 Å². The highest BCUT2D eigenvalue weighted by molar-refractivity contribution is 5.74. The van der Waals surface area contributed by atoms with Gasteiger partial charge in [0.25, 0.3) is 0 Å². The number of halogens is 3. The van der Waals surface area contributed by atoms with Gasteiger partial charge in [-0.15, -0.1) is 0 Å². The van der Waals surface area contributed by atoms with Crippen LogP contribution >= 0.6 is 0 Å². The molecule has 3 heterocycles. The number of carboxylic acid groups (broad SMARTS) is 1.